The molecule has 2 N–H and O–H groups in total. The SMILES string of the molecule is O=C(c1ccc(NS(=O)O)c(OC(F)(F)F)c1)N1CCN(Cc2cccc(Cl)c2Cl)CC1. The maximum atomic E-state index is 12.8. The molecule has 174 valence electrons. The molecule has 1 unspecified atom stereocenters. The quantitative estimate of drug-likeness (QED) is 0.561. The van der Waals surface area contributed by atoms with Gasteiger partial charge in [0.25, 0.3) is 17.2 Å². The van der Waals surface area contributed by atoms with Gasteiger partial charge in [0.2, 0.25) is 0 Å². The number of carbonyl (C=O) groups is 1. The molecule has 1 heterocycles. The fourth-order valence-electron chi connectivity index (χ4n) is 3.25. The molecular formula is C19H18Cl2F3N3O4S. The Morgan fingerprint density at radius 2 is 1.84 bits per heavy atom. The number of anilines is 1. The minimum atomic E-state index is -5.04. The number of halogens is 5. The summed E-state index contributed by atoms with van der Waals surface area (Å²) in [5.74, 6) is -1.26. The van der Waals surface area contributed by atoms with Crippen molar-refractivity contribution in [2.24, 2.45) is 0 Å². The highest BCUT2D eigenvalue weighted by atomic mass is 35.5. The van der Waals surface area contributed by atoms with Gasteiger partial charge in [-0.3, -0.25) is 19.0 Å². The zero-order valence-electron chi connectivity index (χ0n) is 16.4. The second kappa shape index (κ2) is 10.3. The third kappa shape index (κ3) is 6.48. The molecule has 0 spiro atoms. The molecule has 1 amide bonds. The Kier molecular flexibility index (Phi) is 7.88. The first kappa shape index (κ1) is 24.6. The van der Waals surface area contributed by atoms with E-state index in [1.165, 1.54) is 11.0 Å². The van der Waals surface area contributed by atoms with Gasteiger partial charge in [0.1, 0.15) is 0 Å². The number of alkyl halides is 3. The van der Waals surface area contributed by atoms with Crippen LogP contribution in [0.15, 0.2) is 36.4 Å². The molecule has 13 heteroatoms. The molecule has 32 heavy (non-hydrogen) atoms. The van der Waals surface area contributed by atoms with Crippen molar-refractivity contribution in [3.05, 3.63) is 57.6 Å². The number of carbonyl (C=O) groups excluding carboxylic acids is 1. The van der Waals surface area contributed by atoms with Gasteiger partial charge < -0.3 is 9.64 Å². The van der Waals surface area contributed by atoms with Crippen LogP contribution < -0.4 is 9.46 Å². The van der Waals surface area contributed by atoms with Crippen LogP contribution in [0.4, 0.5) is 18.9 Å². The van der Waals surface area contributed by atoms with Gasteiger partial charge in [0, 0.05) is 38.3 Å². The van der Waals surface area contributed by atoms with Crippen LogP contribution >= 0.6 is 23.2 Å². The topological polar surface area (TPSA) is 82.1 Å². The molecule has 3 rings (SSSR count). The lowest BCUT2D eigenvalue weighted by molar-refractivity contribution is -0.274. The molecule has 0 aliphatic carbocycles. The number of piperazine rings is 1. The molecule has 7 nitrogen and oxygen atoms in total. The third-order valence-electron chi connectivity index (χ3n) is 4.74. The lowest BCUT2D eigenvalue weighted by Gasteiger charge is -2.35. The van der Waals surface area contributed by atoms with Crippen molar-refractivity contribution in [1.29, 1.82) is 0 Å². The van der Waals surface area contributed by atoms with Gasteiger partial charge in [-0.25, -0.2) is 4.21 Å². The van der Waals surface area contributed by atoms with E-state index >= 15 is 0 Å². The van der Waals surface area contributed by atoms with Crippen molar-refractivity contribution in [1.82, 2.24) is 9.80 Å². The van der Waals surface area contributed by atoms with Crippen molar-refractivity contribution in [2.75, 3.05) is 30.9 Å². The monoisotopic (exact) mass is 511 g/mol. The van der Waals surface area contributed by atoms with E-state index in [4.69, 9.17) is 27.8 Å². The van der Waals surface area contributed by atoms with Crippen molar-refractivity contribution >= 4 is 46.1 Å². The summed E-state index contributed by atoms with van der Waals surface area (Å²) in [4.78, 5) is 16.4. The first-order chi connectivity index (χ1) is 15.0. The molecule has 1 saturated heterocycles. The van der Waals surface area contributed by atoms with E-state index in [9.17, 15) is 22.2 Å². The molecule has 0 bridgehead atoms. The molecule has 1 aliphatic rings. The fourth-order valence-corrected chi connectivity index (χ4v) is 3.98. The molecule has 1 fully saturated rings. The molecule has 2 aromatic rings. The summed E-state index contributed by atoms with van der Waals surface area (Å²) in [5.41, 5.74) is 0.449. The fraction of sp³-hybridized carbons (Fsp3) is 0.316. The summed E-state index contributed by atoms with van der Waals surface area (Å²) in [7, 11) is 0. The standard InChI is InChI=1S/C19H18Cl2F3N3O4S/c20-14-3-1-2-13(17(14)21)11-26-6-8-27(9-7-26)18(28)12-4-5-15(25-32(29)30)16(10-12)31-19(22,23)24/h1-5,10,25H,6-9,11H2,(H,29,30). The van der Waals surface area contributed by atoms with Gasteiger partial charge in [-0.2, -0.15) is 0 Å². The van der Waals surface area contributed by atoms with Crippen LogP contribution in [0.3, 0.4) is 0 Å². The maximum Gasteiger partial charge on any atom is 0.573 e. The number of nitrogens with one attached hydrogen (secondary N) is 1. The molecule has 0 aromatic heterocycles. The normalized spacial score (nSPS) is 16.0. The number of hydrogen-bond acceptors (Lipinski definition) is 4. The van der Waals surface area contributed by atoms with E-state index in [2.05, 4.69) is 9.64 Å². The summed E-state index contributed by atoms with van der Waals surface area (Å²) < 4.78 is 63.8. The van der Waals surface area contributed by atoms with Crippen molar-refractivity contribution in [3.63, 3.8) is 0 Å². The molecule has 1 aliphatic heterocycles. The zero-order valence-corrected chi connectivity index (χ0v) is 18.7. The summed E-state index contributed by atoms with van der Waals surface area (Å²) in [6.07, 6.45) is -5.04. The average Bonchev–Trinajstić information content (AvgIpc) is 2.71. The van der Waals surface area contributed by atoms with Crippen LogP contribution in [0.2, 0.25) is 10.0 Å². The van der Waals surface area contributed by atoms with Crippen LogP contribution in [0.25, 0.3) is 0 Å². The lowest BCUT2D eigenvalue weighted by Crippen LogP contribution is -2.48. The molecular weight excluding hydrogens is 494 g/mol. The van der Waals surface area contributed by atoms with Crippen LogP contribution in [0, 0.1) is 0 Å². The van der Waals surface area contributed by atoms with Crippen LogP contribution in [0.5, 0.6) is 5.75 Å². The minimum absolute atomic E-state index is 0.0372. The van der Waals surface area contributed by atoms with E-state index in [-0.39, 0.29) is 11.3 Å². The first-order valence-electron chi connectivity index (χ1n) is 9.25. The summed E-state index contributed by atoms with van der Waals surface area (Å²) in [5, 5.41) is 0.931. The van der Waals surface area contributed by atoms with Crippen molar-refractivity contribution in [3.8, 4) is 5.75 Å². The predicted molar refractivity (Wildman–Crippen MR) is 115 cm³/mol. The highest BCUT2D eigenvalue weighted by Gasteiger charge is 2.33. The smallest absolute Gasteiger partial charge is 0.404 e. The van der Waals surface area contributed by atoms with Gasteiger partial charge in [-0.05, 0) is 29.8 Å². The van der Waals surface area contributed by atoms with Crippen molar-refractivity contribution in [2.45, 2.75) is 12.9 Å². The van der Waals surface area contributed by atoms with Gasteiger partial charge in [0.15, 0.2) is 5.75 Å². The van der Waals surface area contributed by atoms with Crippen LogP contribution in [-0.2, 0) is 17.8 Å². The van der Waals surface area contributed by atoms with Crippen LogP contribution in [-0.4, -0.2) is 57.0 Å². The van der Waals surface area contributed by atoms with Crippen LogP contribution in [0.1, 0.15) is 15.9 Å². The summed E-state index contributed by atoms with van der Waals surface area (Å²) in [6.45, 7) is 2.32. The highest BCUT2D eigenvalue weighted by molar-refractivity contribution is 7.80. The Bertz CT molecular complexity index is 1020. The summed E-state index contributed by atoms with van der Waals surface area (Å²) >= 11 is 9.64. The largest absolute Gasteiger partial charge is 0.573 e. The molecule has 2 aromatic carbocycles. The van der Waals surface area contributed by atoms with E-state index in [1.54, 1.807) is 12.1 Å². The number of hydrogen-bond donors (Lipinski definition) is 2. The molecule has 0 radical (unpaired) electrons. The number of ether oxygens (including phenoxy) is 1. The highest BCUT2D eigenvalue weighted by Crippen LogP contribution is 2.32. The van der Waals surface area contributed by atoms with E-state index in [1.807, 2.05) is 10.8 Å². The maximum absolute atomic E-state index is 12.8. The number of amides is 1. The number of benzene rings is 2. The van der Waals surface area contributed by atoms with Gasteiger partial charge in [0.05, 0.1) is 15.7 Å². The van der Waals surface area contributed by atoms with Gasteiger partial charge in [-0.15, -0.1) is 13.2 Å². The average molecular weight is 512 g/mol. The number of rotatable bonds is 6. The predicted octanol–water partition coefficient (Wildman–Crippen LogP) is 4.40. The Labute approximate surface area is 194 Å². The Morgan fingerprint density at radius 1 is 1.16 bits per heavy atom. The lowest BCUT2D eigenvalue weighted by atomic mass is 10.1. The van der Waals surface area contributed by atoms with Gasteiger partial charge >= 0.3 is 6.36 Å². The Balaban J connectivity index is 1.68. The second-order valence-corrected chi connectivity index (χ2v) is 8.38. The Hall–Kier alpha value is -2.05. The minimum Gasteiger partial charge on any atom is -0.404 e. The molecule has 0 saturated carbocycles. The number of nitrogens with zero attached hydrogens (tertiary/aromatic N) is 2. The molecule has 1 atom stereocenters. The third-order valence-corrected chi connectivity index (χ3v) is 5.99. The second-order valence-electron chi connectivity index (χ2n) is 6.89. The van der Waals surface area contributed by atoms with E-state index < -0.39 is 29.3 Å². The Morgan fingerprint density at radius 3 is 2.47 bits per heavy atom. The zero-order chi connectivity index (χ0) is 23.5. The van der Waals surface area contributed by atoms with Crippen molar-refractivity contribution < 1.29 is 31.5 Å². The van der Waals surface area contributed by atoms with Gasteiger partial charge in [-0.1, -0.05) is 35.3 Å². The van der Waals surface area contributed by atoms with E-state index in [0.717, 1.165) is 17.7 Å². The first-order valence-corrected chi connectivity index (χ1v) is 11.1. The van der Waals surface area contributed by atoms with E-state index in [0.29, 0.717) is 42.8 Å². The summed E-state index contributed by atoms with van der Waals surface area (Å²) in [6, 6.07) is 8.60.